The van der Waals surface area contributed by atoms with Gasteiger partial charge in [0.15, 0.2) is 0 Å². The average molecular weight is 351 g/mol. The van der Waals surface area contributed by atoms with Crippen LogP contribution in [-0.4, -0.2) is 24.9 Å². The van der Waals surface area contributed by atoms with E-state index in [9.17, 15) is 12.8 Å². The quantitative estimate of drug-likeness (QED) is 0.717. The lowest BCUT2D eigenvalue weighted by Gasteiger charge is -2.06. The van der Waals surface area contributed by atoms with Gasteiger partial charge >= 0.3 is 0 Å². The Labute approximate surface area is 137 Å². The lowest BCUT2D eigenvalue weighted by atomic mass is 10.2. The zero-order valence-corrected chi connectivity index (χ0v) is 13.6. The first kappa shape index (κ1) is 15.9. The summed E-state index contributed by atoms with van der Waals surface area (Å²) in [7, 11) is -3.65. The van der Waals surface area contributed by atoms with Gasteiger partial charge in [-0.3, -0.25) is 0 Å². The topological polar surface area (TPSA) is 74.8 Å². The molecule has 0 unspecified atom stereocenters. The van der Waals surface area contributed by atoms with Gasteiger partial charge in [-0.25, -0.2) is 22.5 Å². The van der Waals surface area contributed by atoms with Crippen molar-refractivity contribution in [3.8, 4) is 10.6 Å². The van der Waals surface area contributed by atoms with E-state index in [1.54, 1.807) is 17.7 Å². The number of aromatic amines is 1. The van der Waals surface area contributed by atoms with Gasteiger partial charge in [0.2, 0.25) is 10.0 Å². The smallest absolute Gasteiger partial charge is 0.240 e. The highest BCUT2D eigenvalue weighted by Crippen LogP contribution is 2.25. The number of nitrogens with zero attached hydrogens (tertiary/aromatic N) is 1. The summed E-state index contributed by atoms with van der Waals surface area (Å²) >= 11 is 1.58. The van der Waals surface area contributed by atoms with Crippen LogP contribution in [0.3, 0.4) is 0 Å². The zero-order chi connectivity index (χ0) is 16.3. The Morgan fingerprint density at radius 2 is 2.00 bits per heavy atom. The number of hydrogen-bond acceptors (Lipinski definition) is 4. The van der Waals surface area contributed by atoms with E-state index in [-0.39, 0.29) is 11.4 Å². The fourth-order valence-electron chi connectivity index (χ4n) is 2.14. The third-order valence-electron chi connectivity index (χ3n) is 3.26. The first-order valence-electron chi connectivity index (χ1n) is 6.87. The molecule has 0 spiro atoms. The Morgan fingerprint density at radius 3 is 2.70 bits per heavy atom. The summed E-state index contributed by atoms with van der Waals surface area (Å²) in [6, 6.07) is 8.63. The SMILES string of the molecule is O=S(=O)(NCCc1[nH]cnc1-c1cccs1)c1ccc(F)cc1. The Balaban J connectivity index is 1.66. The van der Waals surface area contributed by atoms with Crippen molar-refractivity contribution in [1.82, 2.24) is 14.7 Å². The maximum atomic E-state index is 12.9. The van der Waals surface area contributed by atoms with Crippen LogP contribution in [0.15, 0.2) is 53.0 Å². The van der Waals surface area contributed by atoms with E-state index in [1.165, 1.54) is 12.1 Å². The summed E-state index contributed by atoms with van der Waals surface area (Å²) in [6.45, 7) is 0.222. The Morgan fingerprint density at radius 1 is 1.22 bits per heavy atom. The Kier molecular flexibility index (Phi) is 4.56. The first-order valence-corrected chi connectivity index (χ1v) is 9.24. The molecule has 0 aliphatic carbocycles. The molecule has 0 radical (unpaired) electrons. The third kappa shape index (κ3) is 3.66. The second-order valence-corrected chi connectivity index (χ2v) is 7.52. The average Bonchev–Trinajstić information content (AvgIpc) is 3.18. The summed E-state index contributed by atoms with van der Waals surface area (Å²) in [6.07, 6.45) is 2.08. The monoisotopic (exact) mass is 351 g/mol. The molecule has 0 amide bonds. The number of thiophene rings is 1. The van der Waals surface area contributed by atoms with Gasteiger partial charge in [-0.05, 0) is 35.7 Å². The van der Waals surface area contributed by atoms with Crippen LogP contribution in [0.1, 0.15) is 5.69 Å². The number of aromatic nitrogens is 2. The van der Waals surface area contributed by atoms with Crippen LogP contribution >= 0.6 is 11.3 Å². The number of H-pyrrole nitrogens is 1. The van der Waals surface area contributed by atoms with Crippen molar-refractivity contribution in [3.05, 3.63) is 59.6 Å². The molecule has 0 fully saturated rings. The second kappa shape index (κ2) is 6.61. The number of sulfonamides is 1. The van der Waals surface area contributed by atoms with E-state index in [4.69, 9.17) is 0 Å². The number of imidazole rings is 1. The van der Waals surface area contributed by atoms with Crippen molar-refractivity contribution in [2.45, 2.75) is 11.3 Å². The van der Waals surface area contributed by atoms with Gasteiger partial charge < -0.3 is 4.98 Å². The number of nitrogens with one attached hydrogen (secondary N) is 2. The number of hydrogen-bond donors (Lipinski definition) is 2. The maximum absolute atomic E-state index is 12.9. The van der Waals surface area contributed by atoms with Crippen molar-refractivity contribution >= 4 is 21.4 Å². The molecule has 5 nitrogen and oxygen atoms in total. The maximum Gasteiger partial charge on any atom is 0.240 e. The van der Waals surface area contributed by atoms with Crippen molar-refractivity contribution in [3.63, 3.8) is 0 Å². The molecule has 120 valence electrons. The number of benzene rings is 1. The third-order valence-corrected chi connectivity index (χ3v) is 5.62. The lowest BCUT2D eigenvalue weighted by molar-refractivity contribution is 0.580. The number of rotatable bonds is 6. The molecular weight excluding hydrogens is 337 g/mol. The predicted octanol–water partition coefficient (Wildman–Crippen LogP) is 2.80. The van der Waals surface area contributed by atoms with Gasteiger partial charge in [0.1, 0.15) is 11.5 Å². The molecule has 2 aromatic heterocycles. The van der Waals surface area contributed by atoms with Gasteiger partial charge in [0.25, 0.3) is 0 Å². The zero-order valence-electron chi connectivity index (χ0n) is 12.0. The van der Waals surface area contributed by atoms with E-state index < -0.39 is 15.8 Å². The van der Waals surface area contributed by atoms with Crippen LogP contribution in [0.5, 0.6) is 0 Å². The minimum atomic E-state index is -3.65. The van der Waals surface area contributed by atoms with Crippen LogP contribution in [0.2, 0.25) is 0 Å². The van der Waals surface area contributed by atoms with E-state index in [1.807, 2.05) is 17.5 Å². The van der Waals surface area contributed by atoms with Crippen molar-refractivity contribution in [1.29, 1.82) is 0 Å². The van der Waals surface area contributed by atoms with E-state index in [0.29, 0.717) is 6.42 Å². The van der Waals surface area contributed by atoms with E-state index >= 15 is 0 Å². The number of halogens is 1. The van der Waals surface area contributed by atoms with Crippen LogP contribution in [0, 0.1) is 5.82 Å². The molecule has 0 bridgehead atoms. The van der Waals surface area contributed by atoms with Crippen LogP contribution in [0.4, 0.5) is 4.39 Å². The van der Waals surface area contributed by atoms with Crippen molar-refractivity contribution < 1.29 is 12.8 Å². The van der Waals surface area contributed by atoms with Crippen LogP contribution in [-0.2, 0) is 16.4 Å². The minimum Gasteiger partial charge on any atom is -0.348 e. The lowest BCUT2D eigenvalue weighted by Crippen LogP contribution is -2.26. The molecule has 2 N–H and O–H groups in total. The van der Waals surface area contributed by atoms with Gasteiger partial charge in [-0.2, -0.15) is 0 Å². The Hall–Kier alpha value is -2.03. The fourth-order valence-corrected chi connectivity index (χ4v) is 3.92. The van der Waals surface area contributed by atoms with Crippen LogP contribution in [0.25, 0.3) is 10.6 Å². The molecule has 3 rings (SSSR count). The summed E-state index contributed by atoms with van der Waals surface area (Å²) in [5.74, 6) is -0.470. The van der Waals surface area contributed by atoms with Gasteiger partial charge in [-0.15, -0.1) is 11.3 Å². The molecule has 0 atom stereocenters. The van der Waals surface area contributed by atoms with E-state index in [2.05, 4.69) is 14.7 Å². The molecule has 0 saturated heterocycles. The summed E-state index contributed by atoms with van der Waals surface area (Å²) < 4.78 is 39.6. The fraction of sp³-hybridized carbons (Fsp3) is 0.133. The highest BCUT2D eigenvalue weighted by atomic mass is 32.2. The van der Waals surface area contributed by atoms with Crippen LogP contribution < -0.4 is 4.72 Å². The minimum absolute atomic E-state index is 0.0435. The predicted molar refractivity (Wildman–Crippen MR) is 87.2 cm³/mol. The molecule has 23 heavy (non-hydrogen) atoms. The van der Waals surface area contributed by atoms with Crippen molar-refractivity contribution in [2.75, 3.05) is 6.54 Å². The summed E-state index contributed by atoms with van der Waals surface area (Å²) in [5, 5.41) is 1.96. The molecule has 0 aliphatic heterocycles. The van der Waals surface area contributed by atoms with Crippen molar-refractivity contribution in [2.24, 2.45) is 0 Å². The Bertz CT molecular complexity index is 872. The summed E-state index contributed by atoms with van der Waals surface area (Å²) in [5.41, 5.74) is 1.70. The molecule has 1 aromatic carbocycles. The largest absolute Gasteiger partial charge is 0.348 e. The van der Waals surface area contributed by atoms with E-state index in [0.717, 1.165) is 28.4 Å². The molecule has 0 saturated carbocycles. The standard InChI is InChI=1S/C15H14FN3O2S2/c16-11-3-5-12(6-4-11)23(20,21)19-8-7-13-15(18-10-17-13)14-2-1-9-22-14/h1-6,9-10,19H,7-8H2,(H,17,18). The first-order chi connectivity index (χ1) is 11.1. The normalized spacial score (nSPS) is 11.7. The molecule has 3 aromatic rings. The summed E-state index contributed by atoms with van der Waals surface area (Å²) in [4.78, 5) is 8.39. The van der Waals surface area contributed by atoms with Gasteiger partial charge in [0.05, 0.1) is 16.1 Å². The molecule has 2 heterocycles. The molecular formula is C15H14FN3O2S2. The highest BCUT2D eigenvalue weighted by molar-refractivity contribution is 7.89. The van der Waals surface area contributed by atoms with Gasteiger partial charge in [0, 0.05) is 18.7 Å². The van der Waals surface area contributed by atoms with Gasteiger partial charge in [-0.1, -0.05) is 6.07 Å². The molecule has 0 aliphatic rings. The molecule has 8 heteroatoms. The second-order valence-electron chi connectivity index (χ2n) is 4.81. The highest BCUT2D eigenvalue weighted by Gasteiger charge is 2.15.